The van der Waals surface area contributed by atoms with Crippen molar-refractivity contribution in [3.05, 3.63) is 46.0 Å². The van der Waals surface area contributed by atoms with Gasteiger partial charge in [0.25, 0.3) is 11.5 Å². The van der Waals surface area contributed by atoms with Gasteiger partial charge < -0.3 is 9.88 Å². The van der Waals surface area contributed by atoms with Gasteiger partial charge in [-0.2, -0.15) is 0 Å². The molecule has 1 aliphatic rings. The van der Waals surface area contributed by atoms with Gasteiger partial charge in [0.15, 0.2) is 0 Å². The molecule has 2 aromatic rings. The predicted octanol–water partition coefficient (Wildman–Crippen LogP) is 2.47. The minimum atomic E-state index is -0.472. The molecule has 0 atom stereocenters. The monoisotopic (exact) mass is 345 g/mol. The second-order valence-corrected chi connectivity index (χ2v) is 7.87. The molecule has 0 spiro atoms. The molecular weight excluding hydrogens is 321 g/mol. The van der Waals surface area contributed by atoms with Gasteiger partial charge in [-0.05, 0) is 35.1 Å². The van der Waals surface area contributed by atoms with Crippen molar-refractivity contribution in [2.45, 2.75) is 20.8 Å². The summed E-state index contributed by atoms with van der Waals surface area (Å²) in [6.45, 7) is 10.4. The number of hydrogen-bond acceptors (Lipinski definition) is 3. The Morgan fingerprint density at radius 1 is 1.16 bits per heavy atom. The fraction of sp³-hybridized carbons (Fsp3) is 0.474. The third-order valence-corrected chi connectivity index (χ3v) is 4.40. The van der Waals surface area contributed by atoms with Gasteiger partial charge >= 0.3 is 0 Å². The number of H-pyrrole nitrogens is 1. The number of hydrogen-bond donors (Lipinski definition) is 1. The van der Waals surface area contributed by atoms with Crippen LogP contribution in [0.1, 0.15) is 31.1 Å². The molecule has 0 radical (unpaired) electrons. The van der Waals surface area contributed by atoms with Crippen molar-refractivity contribution in [2.75, 3.05) is 32.7 Å². The highest BCUT2D eigenvalue weighted by Gasteiger charge is 2.26. The molecule has 0 saturated carbocycles. The average Bonchev–Trinajstić information content (AvgIpc) is 2.52. The molecule has 0 aliphatic carbocycles. The molecule has 6 heteroatoms. The Hall–Kier alpha value is -2.21. The standard InChI is InChI=1S/C19H24FN3O2/c1-19(2,3)12-22-6-8-23(9-7-22)18(25)15-10-13-4-5-14(20)11-16(13)21-17(15)24/h4-5,10-11H,6-9,12H2,1-3H3,(H,21,24). The molecule has 5 nitrogen and oxygen atoms in total. The van der Waals surface area contributed by atoms with Crippen LogP contribution in [0.3, 0.4) is 0 Å². The second-order valence-electron chi connectivity index (χ2n) is 7.87. The van der Waals surface area contributed by atoms with Crippen molar-refractivity contribution in [1.82, 2.24) is 14.8 Å². The maximum absolute atomic E-state index is 13.3. The van der Waals surface area contributed by atoms with E-state index in [-0.39, 0.29) is 16.9 Å². The second kappa shape index (κ2) is 6.59. The fourth-order valence-corrected chi connectivity index (χ4v) is 3.28. The number of carbonyl (C=O) groups excluding carboxylic acids is 1. The van der Waals surface area contributed by atoms with Crippen molar-refractivity contribution in [3.8, 4) is 0 Å². The molecule has 1 aromatic heterocycles. The van der Waals surface area contributed by atoms with Crippen LogP contribution in [0.25, 0.3) is 10.9 Å². The first-order chi connectivity index (χ1) is 11.7. The summed E-state index contributed by atoms with van der Waals surface area (Å²) in [6.07, 6.45) is 0. The molecule has 1 N–H and O–H groups in total. The molecule has 1 aliphatic heterocycles. The van der Waals surface area contributed by atoms with E-state index in [4.69, 9.17) is 0 Å². The predicted molar refractivity (Wildman–Crippen MR) is 96.3 cm³/mol. The molecular formula is C19H24FN3O2. The lowest BCUT2D eigenvalue weighted by molar-refractivity contribution is 0.0590. The highest BCUT2D eigenvalue weighted by atomic mass is 19.1. The van der Waals surface area contributed by atoms with Crippen LogP contribution in [0.4, 0.5) is 4.39 Å². The van der Waals surface area contributed by atoms with Gasteiger partial charge in [0.2, 0.25) is 0 Å². The van der Waals surface area contributed by atoms with Crippen LogP contribution in [0.2, 0.25) is 0 Å². The molecule has 0 unspecified atom stereocenters. The van der Waals surface area contributed by atoms with E-state index >= 15 is 0 Å². The number of nitrogens with zero attached hydrogens (tertiary/aromatic N) is 2. The van der Waals surface area contributed by atoms with Crippen molar-refractivity contribution in [3.63, 3.8) is 0 Å². The summed E-state index contributed by atoms with van der Waals surface area (Å²) in [5.74, 6) is -0.680. The van der Waals surface area contributed by atoms with E-state index < -0.39 is 11.4 Å². The molecule has 134 valence electrons. The molecule has 1 aromatic carbocycles. The lowest BCUT2D eigenvalue weighted by atomic mass is 9.96. The highest BCUT2D eigenvalue weighted by molar-refractivity contribution is 5.97. The van der Waals surface area contributed by atoms with E-state index in [0.717, 1.165) is 19.6 Å². The van der Waals surface area contributed by atoms with E-state index in [9.17, 15) is 14.0 Å². The number of fused-ring (bicyclic) bond motifs is 1. The van der Waals surface area contributed by atoms with Crippen molar-refractivity contribution in [1.29, 1.82) is 0 Å². The summed E-state index contributed by atoms with van der Waals surface area (Å²) >= 11 is 0. The van der Waals surface area contributed by atoms with Gasteiger partial charge in [0.1, 0.15) is 11.4 Å². The third kappa shape index (κ3) is 4.07. The zero-order valence-electron chi connectivity index (χ0n) is 14.9. The molecule has 1 amide bonds. The summed E-state index contributed by atoms with van der Waals surface area (Å²) in [5, 5.41) is 0.649. The summed E-state index contributed by atoms with van der Waals surface area (Å²) < 4.78 is 13.3. The minimum absolute atomic E-state index is 0.114. The van der Waals surface area contributed by atoms with Crippen LogP contribution in [-0.2, 0) is 0 Å². The summed E-state index contributed by atoms with van der Waals surface area (Å²) in [4.78, 5) is 31.7. The van der Waals surface area contributed by atoms with E-state index in [1.54, 1.807) is 17.0 Å². The van der Waals surface area contributed by atoms with Gasteiger partial charge in [-0.3, -0.25) is 14.5 Å². The van der Waals surface area contributed by atoms with Gasteiger partial charge in [0, 0.05) is 32.7 Å². The summed E-state index contributed by atoms with van der Waals surface area (Å²) in [7, 11) is 0. The number of piperazine rings is 1. The molecule has 0 bridgehead atoms. The maximum atomic E-state index is 13.3. The first-order valence-electron chi connectivity index (χ1n) is 8.57. The number of halogens is 1. The fourth-order valence-electron chi connectivity index (χ4n) is 3.28. The maximum Gasteiger partial charge on any atom is 0.261 e. The molecule has 3 rings (SSSR count). The normalized spacial score (nSPS) is 16.4. The number of carbonyl (C=O) groups is 1. The molecule has 2 heterocycles. The number of benzene rings is 1. The quantitative estimate of drug-likeness (QED) is 0.910. The molecule has 1 saturated heterocycles. The van der Waals surface area contributed by atoms with Crippen molar-refractivity contribution >= 4 is 16.8 Å². The number of nitrogens with one attached hydrogen (secondary N) is 1. The Labute approximate surface area is 146 Å². The van der Waals surface area contributed by atoms with Gasteiger partial charge in [-0.15, -0.1) is 0 Å². The van der Waals surface area contributed by atoms with Crippen LogP contribution in [0, 0.1) is 11.2 Å². The summed E-state index contributed by atoms with van der Waals surface area (Å²) in [5.41, 5.74) is 0.261. The van der Waals surface area contributed by atoms with Crippen LogP contribution in [-0.4, -0.2) is 53.4 Å². The number of amides is 1. The smallest absolute Gasteiger partial charge is 0.261 e. The van der Waals surface area contributed by atoms with E-state index in [1.165, 1.54) is 12.1 Å². The highest BCUT2D eigenvalue weighted by Crippen LogP contribution is 2.18. The van der Waals surface area contributed by atoms with E-state index in [1.807, 2.05) is 0 Å². The minimum Gasteiger partial charge on any atom is -0.336 e. The Morgan fingerprint density at radius 3 is 2.48 bits per heavy atom. The Morgan fingerprint density at radius 2 is 1.84 bits per heavy atom. The average molecular weight is 345 g/mol. The van der Waals surface area contributed by atoms with Crippen molar-refractivity contribution in [2.24, 2.45) is 5.41 Å². The first-order valence-corrected chi connectivity index (χ1v) is 8.57. The summed E-state index contributed by atoms with van der Waals surface area (Å²) in [6, 6.07) is 5.70. The van der Waals surface area contributed by atoms with Gasteiger partial charge in [-0.1, -0.05) is 20.8 Å². The van der Waals surface area contributed by atoms with Crippen LogP contribution >= 0.6 is 0 Å². The largest absolute Gasteiger partial charge is 0.336 e. The lowest BCUT2D eigenvalue weighted by Gasteiger charge is -2.37. The number of pyridine rings is 1. The van der Waals surface area contributed by atoms with Crippen molar-refractivity contribution < 1.29 is 9.18 Å². The zero-order valence-corrected chi connectivity index (χ0v) is 14.9. The van der Waals surface area contributed by atoms with E-state index in [0.29, 0.717) is 24.0 Å². The van der Waals surface area contributed by atoms with Gasteiger partial charge in [-0.25, -0.2) is 4.39 Å². The van der Waals surface area contributed by atoms with E-state index in [2.05, 4.69) is 30.7 Å². The first kappa shape index (κ1) is 17.6. The van der Waals surface area contributed by atoms with Crippen LogP contribution < -0.4 is 5.56 Å². The van der Waals surface area contributed by atoms with Crippen LogP contribution in [0.5, 0.6) is 0 Å². The zero-order chi connectivity index (χ0) is 18.2. The Kier molecular flexibility index (Phi) is 4.64. The van der Waals surface area contributed by atoms with Gasteiger partial charge in [0.05, 0.1) is 5.52 Å². The number of rotatable bonds is 2. The topological polar surface area (TPSA) is 56.4 Å². The molecule has 25 heavy (non-hydrogen) atoms. The SMILES string of the molecule is CC(C)(C)CN1CCN(C(=O)c2cc3ccc(F)cc3[nH]c2=O)CC1. The lowest BCUT2D eigenvalue weighted by Crippen LogP contribution is -2.51. The Balaban J connectivity index is 1.76. The van der Waals surface area contributed by atoms with Crippen LogP contribution in [0.15, 0.2) is 29.1 Å². The third-order valence-electron chi connectivity index (χ3n) is 4.40. The molecule has 1 fully saturated rings. The number of aromatic amines is 1. The Bertz CT molecular complexity index is 846. The number of aromatic nitrogens is 1.